The van der Waals surface area contributed by atoms with Crippen LogP contribution in [-0.4, -0.2) is 5.75 Å². The van der Waals surface area contributed by atoms with E-state index in [4.69, 9.17) is 17.3 Å². The Morgan fingerprint density at radius 3 is 2.42 bits per heavy atom. The third-order valence-electron chi connectivity index (χ3n) is 2.56. The number of halogens is 3. The maximum absolute atomic E-state index is 14.0. The maximum atomic E-state index is 14.0. The SMILES string of the molecule is Nc1ccc(SCC(F)(F)c2ccccc2)c(Cl)c1. The summed E-state index contributed by atoms with van der Waals surface area (Å²) in [6, 6.07) is 12.6. The first-order valence-corrected chi connectivity index (χ1v) is 6.96. The summed E-state index contributed by atoms with van der Waals surface area (Å²) in [6.45, 7) is 0. The second kappa shape index (κ2) is 5.80. The molecular weight excluding hydrogens is 288 g/mol. The summed E-state index contributed by atoms with van der Waals surface area (Å²) in [5.41, 5.74) is 6.08. The summed E-state index contributed by atoms with van der Waals surface area (Å²) in [6.07, 6.45) is 0. The van der Waals surface area contributed by atoms with E-state index < -0.39 is 5.92 Å². The van der Waals surface area contributed by atoms with E-state index in [-0.39, 0.29) is 11.3 Å². The van der Waals surface area contributed by atoms with E-state index in [9.17, 15) is 8.78 Å². The highest BCUT2D eigenvalue weighted by Crippen LogP contribution is 2.37. The van der Waals surface area contributed by atoms with Crippen LogP contribution in [0, 0.1) is 0 Å². The van der Waals surface area contributed by atoms with Gasteiger partial charge in [0.05, 0.1) is 10.8 Å². The Labute approximate surface area is 119 Å². The van der Waals surface area contributed by atoms with E-state index in [0.29, 0.717) is 15.6 Å². The van der Waals surface area contributed by atoms with E-state index in [1.807, 2.05) is 0 Å². The number of thioether (sulfide) groups is 1. The molecule has 2 aromatic rings. The van der Waals surface area contributed by atoms with Crippen LogP contribution in [-0.2, 0) is 5.92 Å². The van der Waals surface area contributed by atoms with Gasteiger partial charge in [0, 0.05) is 16.1 Å². The van der Waals surface area contributed by atoms with Crippen LogP contribution < -0.4 is 5.73 Å². The Kier molecular flexibility index (Phi) is 4.32. The van der Waals surface area contributed by atoms with E-state index in [0.717, 1.165) is 11.8 Å². The lowest BCUT2D eigenvalue weighted by molar-refractivity contribution is 0.0232. The number of rotatable bonds is 4. The zero-order valence-electron chi connectivity index (χ0n) is 9.95. The highest BCUT2D eigenvalue weighted by molar-refractivity contribution is 7.99. The Hall–Kier alpha value is -1.26. The molecule has 0 heterocycles. The molecule has 0 aromatic heterocycles. The Morgan fingerprint density at radius 1 is 1.11 bits per heavy atom. The van der Waals surface area contributed by atoms with Crippen molar-refractivity contribution in [1.82, 2.24) is 0 Å². The lowest BCUT2D eigenvalue weighted by Crippen LogP contribution is -2.16. The minimum atomic E-state index is -2.89. The molecule has 5 heteroatoms. The number of nitrogen functional groups attached to an aromatic ring is 1. The summed E-state index contributed by atoms with van der Waals surface area (Å²) in [5.74, 6) is -3.25. The fourth-order valence-corrected chi connectivity index (χ4v) is 2.79. The van der Waals surface area contributed by atoms with Gasteiger partial charge in [-0.05, 0) is 18.2 Å². The van der Waals surface area contributed by atoms with Crippen molar-refractivity contribution in [2.45, 2.75) is 10.8 Å². The molecule has 0 radical (unpaired) electrons. The molecule has 0 amide bonds. The first-order valence-electron chi connectivity index (χ1n) is 5.60. The standard InChI is InChI=1S/C14H12ClF2NS/c15-12-8-11(18)6-7-13(12)19-9-14(16,17)10-4-2-1-3-5-10/h1-8H,9,18H2. The van der Waals surface area contributed by atoms with E-state index in [2.05, 4.69) is 0 Å². The molecule has 0 aliphatic rings. The van der Waals surface area contributed by atoms with E-state index in [1.165, 1.54) is 12.1 Å². The summed E-state index contributed by atoms with van der Waals surface area (Å²) >= 11 is 6.98. The minimum Gasteiger partial charge on any atom is -0.399 e. The van der Waals surface area contributed by atoms with Crippen LogP contribution in [0.3, 0.4) is 0 Å². The number of alkyl halides is 2. The normalized spacial score (nSPS) is 11.5. The highest BCUT2D eigenvalue weighted by Gasteiger charge is 2.31. The third kappa shape index (κ3) is 3.61. The average Bonchev–Trinajstić information content (AvgIpc) is 2.39. The molecule has 0 aliphatic heterocycles. The summed E-state index contributed by atoms with van der Waals surface area (Å²) in [5, 5.41) is 0.397. The van der Waals surface area contributed by atoms with Crippen LogP contribution in [0.25, 0.3) is 0 Å². The quantitative estimate of drug-likeness (QED) is 0.648. The van der Waals surface area contributed by atoms with Crippen molar-refractivity contribution in [2.24, 2.45) is 0 Å². The summed E-state index contributed by atoms with van der Waals surface area (Å²) in [7, 11) is 0. The molecule has 1 nitrogen and oxygen atoms in total. The topological polar surface area (TPSA) is 26.0 Å². The molecule has 0 atom stereocenters. The predicted molar refractivity (Wildman–Crippen MR) is 76.9 cm³/mol. The lowest BCUT2D eigenvalue weighted by Gasteiger charge is -2.16. The fourth-order valence-electron chi connectivity index (χ4n) is 1.57. The zero-order valence-corrected chi connectivity index (χ0v) is 11.5. The number of hydrogen-bond acceptors (Lipinski definition) is 2. The van der Waals surface area contributed by atoms with Gasteiger partial charge in [-0.3, -0.25) is 0 Å². The van der Waals surface area contributed by atoms with Gasteiger partial charge in [-0.15, -0.1) is 11.8 Å². The van der Waals surface area contributed by atoms with Gasteiger partial charge in [0.2, 0.25) is 0 Å². The second-order valence-corrected chi connectivity index (χ2v) is 5.47. The van der Waals surface area contributed by atoms with Crippen molar-refractivity contribution in [3.05, 3.63) is 59.1 Å². The first kappa shape index (κ1) is 14.2. The molecule has 2 rings (SSSR count). The Morgan fingerprint density at radius 2 is 1.79 bits per heavy atom. The molecule has 0 aliphatic carbocycles. The zero-order chi connectivity index (χ0) is 13.9. The van der Waals surface area contributed by atoms with Crippen LogP contribution in [0.4, 0.5) is 14.5 Å². The number of benzene rings is 2. The molecule has 19 heavy (non-hydrogen) atoms. The number of anilines is 1. The monoisotopic (exact) mass is 299 g/mol. The molecule has 0 unspecified atom stereocenters. The first-order chi connectivity index (χ1) is 8.99. The van der Waals surface area contributed by atoms with E-state index >= 15 is 0 Å². The van der Waals surface area contributed by atoms with Gasteiger partial charge in [0.1, 0.15) is 0 Å². The summed E-state index contributed by atoms with van der Waals surface area (Å²) < 4.78 is 27.9. The molecule has 0 spiro atoms. The Bertz CT molecular complexity index is 561. The van der Waals surface area contributed by atoms with E-state index in [1.54, 1.807) is 36.4 Å². The van der Waals surface area contributed by atoms with Crippen LogP contribution >= 0.6 is 23.4 Å². The van der Waals surface area contributed by atoms with Gasteiger partial charge in [-0.2, -0.15) is 0 Å². The lowest BCUT2D eigenvalue weighted by atomic mass is 10.1. The number of hydrogen-bond donors (Lipinski definition) is 1. The summed E-state index contributed by atoms with van der Waals surface area (Å²) in [4.78, 5) is 0.603. The second-order valence-electron chi connectivity index (χ2n) is 4.05. The van der Waals surface area contributed by atoms with Gasteiger partial charge < -0.3 is 5.73 Å². The van der Waals surface area contributed by atoms with Gasteiger partial charge in [-0.1, -0.05) is 41.9 Å². The van der Waals surface area contributed by atoms with Gasteiger partial charge >= 0.3 is 0 Å². The fraction of sp³-hybridized carbons (Fsp3) is 0.143. The van der Waals surface area contributed by atoms with Gasteiger partial charge in [-0.25, -0.2) is 8.78 Å². The third-order valence-corrected chi connectivity index (χ3v) is 4.16. The minimum absolute atomic E-state index is 0.00840. The molecule has 2 N–H and O–H groups in total. The van der Waals surface area contributed by atoms with Gasteiger partial charge in [0.15, 0.2) is 0 Å². The molecule has 2 aromatic carbocycles. The molecule has 100 valence electrons. The van der Waals surface area contributed by atoms with Crippen LogP contribution in [0.2, 0.25) is 5.02 Å². The van der Waals surface area contributed by atoms with Crippen LogP contribution in [0.15, 0.2) is 53.4 Å². The Balaban J connectivity index is 2.09. The van der Waals surface area contributed by atoms with Crippen molar-refractivity contribution in [1.29, 1.82) is 0 Å². The molecule has 0 fully saturated rings. The van der Waals surface area contributed by atoms with Crippen LogP contribution in [0.1, 0.15) is 5.56 Å². The molecule has 0 saturated carbocycles. The van der Waals surface area contributed by atoms with Crippen molar-refractivity contribution < 1.29 is 8.78 Å². The van der Waals surface area contributed by atoms with Crippen LogP contribution in [0.5, 0.6) is 0 Å². The average molecular weight is 300 g/mol. The predicted octanol–water partition coefficient (Wildman–Crippen LogP) is 4.81. The van der Waals surface area contributed by atoms with Crippen molar-refractivity contribution in [3.63, 3.8) is 0 Å². The van der Waals surface area contributed by atoms with Crippen molar-refractivity contribution >= 4 is 29.1 Å². The molecule has 0 bridgehead atoms. The van der Waals surface area contributed by atoms with Gasteiger partial charge in [0.25, 0.3) is 5.92 Å². The van der Waals surface area contributed by atoms with Crippen molar-refractivity contribution in [2.75, 3.05) is 11.5 Å². The maximum Gasteiger partial charge on any atom is 0.282 e. The van der Waals surface area contributed by atoms with Crippen molar-refractivity contribution in [3.8, 4) is 0 Å². The molecular formula is C14H12ClF2NS. The number of nitrogens with two attached hydrogens (primary N) is 1. The molecule has 0 saturated heterocycles. The largest absolute Gasteiger partial charge is 0.399 e. The smallest absolute Gasteiger partial charge is 0.282 e. The highest BCUT2D eigenvalue weighted by atomic mass is 35.5.